The number of aromatic nitrogens is 3. The van der Waals surface area contributed by atoms with Gasteiger partial charge in [0.2, 0.25) is 0 Å². The Morgan fingerprint density at radius 2 is 1.88 bits per heavy atom. The Hall–Kier alpha value is -2.43. The summed E-state index contributed by atoms with van der Waals surface area (Å²) in [5, 5.41) is 5.22. The fourth-order valence-electron chi connectivity index (χ4n) is 2.61. The van der Waals surface area contributed by atoms with Gasteiger partial charge in [-0.05, 0) is 25.8 Å². The fraction of sp³-hybridized carbons (Fsp3) is 0.421. The highest BCUT2D eigenvalue weighted by molar-refractivity contribution is 6.05. The zero-order valence-corrected chi connectivity index (χ0v) is 15.0. The Morgan fingerprint density at radius 3 is 2.38 bits per heavy atom. The maximum absolute atomic E-state index is 13.1. The molecule has 2 aromatic rings. The number of carbonyl (C=O) groups is 1. The molecule has 0 spiro atoms. The van der Waals surface area contributed by atoms with Gasteiger partial charge in [0.1, 0.15) is 0 Å². The van der Waals surface area contributed by atoms with Gasteiger partial charge in [-0.2, -0.15) is 5.10 Å². The number of fused-ring (bicyclic) bond motifs is 1. The fourth-order valence-corrected chi connectivity index (χ4v) is 2.61. The van der Waals surface area contributed by atoms with Gasteiger partial charge in [-0.1, -0.05) is 26.0 Å². The van der Waals surface area contributed by atoms with Crippen molar-refractivity contribution in [1.29, 1.82) is 0 Å². The smallest absolute Gasteiger partial charge is 0.255 e. The van der Waals surface area contributed by atoms with Gasteiger partial charge in [0.05, 0.1) is 17.1 Å². The molecular weight excluding hydrogens is 300 g/mol. The normalized spacial score (nSPS) is 11.2. The molecule has 0 saturated carbocycles. The van der Waals surface area contributed by atoms with Crippen molar-refractivity contribution >= 4 is 16.9 Å². The van der Waals surface area contributed by atoms with Crippen LogP contribution >= 0.6 is 0 Å². The number of amides is 1. The van der Waals surface area contributed by atoms with Crippen LogP contribution < -0.4 is 0 Å². The van der Waals surface area contributed by atoms with E-state index in [4.69, 9.17) is 4.98 Å². The summed E-state index contributed by atoms with van der Waals surface area (Å²) < 4.78 is 1.86. The minimum Gasteiger partial charge on any atom is -0.331 e. The van der Waals surface area contributed by atoms with Crippen LogP contribution in [0.4, 0.5) is 0 Å². The molecule has 0 fully saturated rings. The van der Waals surface area contributed by atoms with Crippen LogP contribution in [-0.2, 0) is 0 Å². The van der Waals surface area contributed by atoms with Crippen LogP contribution in [0, 0.1) is 0 Å². The molecule has 0 radical (unpaired) electrons. The van der Waals surface area contributed by atoms with Gasteiger partial charge in [0.15, 0.2) is 5.65 Å². The van der Waals surface area contributed by atoms with Crippen molar-refractivity contribution in [2.75, 3.05) is 13.1 Å². The topological polar surface area (TPSA) is 51.0 Å². The van der Waals surface area contributed by atoms with Crippen molar-refractivity contribution in [3.63, 3.8) is 0 Å². The second kappa shape index (κ2) is 7.43. The van der Waals surface area contributed by atoms with E-state index in [9.17, 15) is 4.79 Å². The van der Waals surface area contributed by atoms with Gasteiger partial charge in [-0.25, -0.2) is 9.67 Å². The summed E-state index contributed by atoms with van der Waals surface area (Å²) in [6.45, 7) is 16.7. The van der Waals surface area contributed by atoms with Crippen molar-refractivity contribution in [3.8, 4) is 0 Å². The van der Waals surface area contributed by atoms with E-state index in [1.165, 1.54) is 0 Å². The Labute approximate surface area is 143 Å². The van der Waals surface area contributed by atoms with Crippen LogP contribution in [0.25, 0.3) is 11.0 Å². The third-order valence-electron chi connectivity index (χ3n) is 3.88. The van der Waals surface area contributed by atoms with E-state index in [0.29, 0.717) is 18.7 Å². The molecule has 1 amide bonds. The summed E-state index contributed by atoms with van der Waals surface area (Å²) in [4.78, 5) is 19.5. The lowest BCUT2D eigenvalue weighted by Gasteiger charge is -2.20. The van der Waals surface area contributed by atoms with Crippen LogP contribution in [0.2, 0.25) is 0 Å². The molecule has 128 valence electrons. The van der Waals surface area contributed by atoms with Gasteiger partial charge in [0, 0.05) is 24.8 Å². The predicted octanol–water partition coefficient (Wildman–Crippen LogP) is 3.95. The third kappa shape index (κ3) is 3.40. The lowest BCUT2D eigenvalue weighted by atomic mass is 10.0. The Balaban J connectivity index is 2.65. The van der Waals surface area contributed by atoms with Gasteiger partial charge in [-0.15, -0.1) is 13.2 Å². The molecule has 0 aliphatic carbocycles. The molecule has 2 aromatic heterocycles. The van der Waals surface area contributed by atoms with Crippen LogP contribution in [0.5, 0.6) is 0 Å². The van der Waals surface area contributed by atoms with Crippen molar-refractivity contribution < 1.29 is 4.79 Å². The quantitative estimate of drug-likeness (QED) is 0.724. The Bertz CT molecular complexity index is 748. The number of pyridine rings is 1. The first-order valence-electron chi connectivity index (χ1n) is 8.29. The molecule has 24 heavy (non-hydrogen) atoms. The van der Waals surface area contributed by atoms with Crippen molar-refractivity contribution in [1.82, 2.24) is 19.7 Å². The van der Waals surface area contributed by atoms with E-state index in [1.807, 2.05) is 10.7 Å². The molecule has 2 heterocycles. The first kappa shape index (κ1) is 17.9. The lowest BCUT2D eigenvalue weighted by molar-refractivity contribution is 0.0792. The van der Waals surface area contributed by atoms with Gasteiger partial charge in [-0.3, -0.25) is 4.79 Å². The monoisotopic (exact) mass is 326 g/mol. The molecule has 2 rings (SSSR count). The number of nitrogens with zero attached hydrogens (tertiary/aromatic N) is 4. The van der Waals surface area contributed by atoms with Crippen molar-refractivity contribution in [2.24, 2.45) is 0 Å². The van der Waals surface area contributed by atoms with Crippen LogP contribution in [0.1, 0.15) is 55.7 Å². The minimum absolute atomic E-state index is 0.0487. The summed E-state index contributed by atoms with van der Waals surface area (Å²) >= 11 is 0. The zero-order valence-electron chi connectivity index (χ0n) is 15.0. The predicted molar refractivity (Wildman–Crippen MR) is 98.3 cm³/mol. The molecular formula is C19H26N4O. The number of carbonyl (C=O) groups excluding carboxylic acids is 1. The molecule has 0 bridgehead atoms. The van der Waals surface area contributed by atoms with Crippen LogP contribution in [-0.4, -0.2) is 38.7 Å². The summed E-state index contributed by atoms with van der Waals surface area (Å²) in [5.74, 6) is 0.177. The highest BCUT2D eigenvalue weighted by Gasteiger charge is 2.21. The average molecular weight is 326 g/mol. The van der Waals surface area contributed by atoms with Gasteiger partial charge < -0.3 is 4.90 Å². The highest BCUT2D eigenvalue weighted by Crippen LogP contribution is 2.25. The molecule has 0 aliphatic rings. The molecule has 0 aromatic carbocycles. The second-order valence-electron chi connectivity index (χ2n) is 6.46. The second-order valence-corrected chi connectivity index (χ2v) is 6.46. The number of hydrogen-bond acceptors (Lipinski definition) is 3. The third-order valence-corrected chi connectivity index (χ3v) is 3.88. The summed E-state index contributed by atoms with van der Waals surface area (Å²) in [6, 6.07) is 2.07. The first-order valence-corrected chi connectivity index (χ1v) is 8.29. The molecule has 0 unspecified atom stereocenters. The lowest BCUT2D eigenvalue weighted by Crippen LogP contribution is -2.31. The van der Waals surface area contributed by atoms with E-state index >= 15 is 0 Å². The highest BCUT2D eigenvalue weighted by atomic mass is 16.2. The Morgan fingerprint density at radius 1 is 1.25 bits per heavy atom. The Kier molecular flexibility index (Phi) is 5.54. The molecule has 0 aliphatic heterocycles. The van der Waals surface area contributed by atoms with E-state index in [-0.39, 0.29) is 17.9 Å². The largest absolute Gasteiger partial charge is 0.331 e. The van der Waals surface area contributed by atoms with Crippen LogP contribution in [0.15, 0.2) is 37.6 Å². The summed E-state index contributed by atoms with van der Waals surface area (Å²) in [7, 11) is 0. The standard InChI is InChI=1S/C19H26N4O/c1-7-9-22(10-8-2)19(24)15-11-17(13(3)4)21-18-16(15)12-20-23(18)14(5)6/h7-8,11-14H,1-2,9-10H2,3-6H3. The van der Waals surface area contributed by atoms with Crippen LogP contribution in [0.3, 0.4) is 0 Å². The molecule has 0 N–H and O–H groups in total. The van der Waals surface area contributed by atoms with E-state index in [1.54, 1.807) is 23.2 Å². The van der Waals surface area contributed by atoms with Crippen molar-refractivity contribution in [2.45, 2.75) is 39.7 Å². The maximum Gasteiger partial charge on any atom is 0.255 e. The van der Waals surface area contributed by atoms with Gasteiger partial charge in [0.25, 0.3) is 5.91 Å². The zero-order chi connectivity index (χ0) is 17.9. The van der Waals surface area contributed by atoms with E-state index in [0.717, 1.165) is 16.7 Å². The molecule has 0 saturated heterocycles. The summed E-state index contributed by atoms with van der Waals surface area (Å²) in [6.07, 6.45) is 5.18. The van der Waals surface area contributed by atoms with Gasteiger partial charge >= 0.3 is 0 Å². The maximum atomic E-state index is 13.1. The minimum atomic E-state index is -0.0487. The van der Waals surface area contributed by atoms with Crippen molar-refractivity contribution in [3.05, 3.63) is 48.8 Å². The van der Waals surface area contributed by atoms with E-state index < -0.39 is 0 Å². The average Bonchev–Trinajstić information content (AvgIpc) is 2.97. The molecule has 0 atom stereocenters. The summed E-state index contributed by atoms with van der Waals surface area (Å²) in [5.41, 5.74) is 2.29. The number of rotatable bonds is 7. The molecule has 5 nitrogen and oxygen atoms in total. The first-order chi connectivity index (χ1) is 11.4. The molecule has 5 heteroatoms. The SMILES string of the molecule is C=CCN(CC=C)C(=O)c1cc(C(C)C)nc2c1cnn2C(C)C. The van der Waals surface area contributed by atoms with E-state index in [2.05, 4.69) is 46.0 Å². The number of hydrogen-bond donors (Lipinski definition) is 0.